The Labute approximate surface area is 173 Å². The Morgan fingerprint density at radius 3 is 2.70 bits per heavy atom. The van der Waals surface area contributed by atoms with Crippen LogP contribution in [0.2, 0.25) is 0 Å². The Bertz CT molecular complexity index is 1200. The minimum atomic E-state index is -0.261. The molecule has 0 aliphatic carbocycles. The molecule has 0 unspecified atom stereocenters. The molecule has 152 valence electrons. The molecule has 0 spiro atoms. The Morgan fingerprint density at radius 1 is 1.10 bits per heavy atom. The lowest BCUT2D eigenvalue weighted by Crippen LogP contribution is -2.12. The molecule has 0 saturated carbocycles. The molecule has 0 saturated heterocycles. The molecule has 1 amide bonds. The van der Waals surface area contributed by atoms with Gasteiger partial charge < -0.3 is 19.3 Å². The number of aromatic nitrogens is 2. The van der Waals surface area contributed by atoms with E-state index in [0.29, 0.717) is 35.1 Å². The average molecular weight is 403 g/mol. The number of benzene rings is 2. The molecule has 4 rings (SSSR count). The number of aryl methyl sites for hydroxylation is 2. The lowest BCUT2D eigenvalue weighted by molar-refractivity contribution is 0.102. The van der Waals surface area contributed by atoms with Gasteiger partial charge in [0, 0.05) is 10.9 Å². The summed E-state index contributed by atoms with van der Waals surface area (Å²) in [5.74, 6) is 1.45. The van der Waals surface area contributed by atoms with Gasteiger partial charge in [-0.15, -0.1) is 0 Å². The van der Waals surface area contributed by atoms with Crippen LogP contribution in [0.4, 0.5) is 5.69 Å². The SMILES string of the molecule is COc1cc(C(=O)Nc2cnc3ccccc3c2)ccc1OCc1c(C)noc1C. The number of nitrogens with one attached hydrogen (secondary N) is 1. The number of rotatable bonds is 6. The number of methoxy groups -OCH3 is 1. The molecule has 2 heterocycles. The predicted molar refractivity (Wildman–Crippen MR) is 113 cm³/mol. The highest BCUT2D eigenvalue weighted by atomic mass is 16.5. The summed E-state index contributed by atoms with van der Waals surface area (Å²) < 4.78 is 16.4. The van der Waals surface area contributed by atoms with Crippen molar-refractivity contribution in [3.05, 3.63) is 77.3 Å². The first-order valence-electron chi connectivity index (χ1n) is 9.44. The third-order valence-electron chi connectivity index (χ3n) is 4.83. The Kier molecular flexibility index (Phi) is 5.34. The van der Waals surface area contributed by atoms with Crippen LogP contribution >= 0.6 is 0 Å². The lowest BCUT2D eigenvalue weighted by atomic mass is 10.1. The van der Waals surface area contributed by atoms with E-state index in [9.17, 15) is 4.79 Å². The molecule has 4 aromatic rings. The second kappa shape index (κ2) is 8.24. The van der Waals surface area contributed by atoms with Crippen LogP contribution in [0.15, 0.2) is 59.3 Å². The van der Waals surface area contributed by atoms with E-state index in [4.69, 9.17) is 14.0 Å². The van der Waals surface area contributed by atoms with E-state index in [2.05, 4.69) is 15.5 Å². The molecule has 2 aromatic carbocycles. The fraction of sp³-hybridized carbons (Fsp3) is 0.174. The molecule has 2 aromatic heterocycles. The third kappa shape index (κ3) is 3.96. The van der Waals surface area contributed by atoms with Gasteiger partial charge in [-0.2, -0.15) is 0 Å². The van der Waals surface area contributed by atoms with E-state index < -0.39 is 0 Å². The molecule has 30 heavy (non-hydrogen) atoms. The van der Waals surface area contributed by atoms with Gasteiger partial charge in [-0.25, -0.2) is 0 Å². The summed E-state index contributed by atoms with van der Waals surface area (Å²) in [4.78, 5) is 17.1. The molecule has 7 nitrogen and oxygen atoms in total. The van der Waals surface area contributed by atoms with Crippen LogP contribution in [0.5, 0.6) is 11.5 Å². The second-order valence-corrected chi connectivity index (χ2v) is 6.83. The van der Waals surface area contributed by atoms with E-state index >= 15 is 0 Å². The summed E-state index contributed by atoms with van der Waals surface area (Å²) in [5.41, 5.74) is 3.62. The van der Waals surface area contributed by atoms with Crippen molar-refractivity contribution in [2.45, 2.75) is 20.5 Å². The molecule has 0 radical (unpaired) electrons. The molecular weight excluding hydrogens is 382 g/mol. The highest BCUT2D eigenvalue weighted by Crippen LogP contribution is 2.30. The van der Waals surface area contributed by atoms with Crippen LogP contribution in [0.25, 0.3) is 10.9 Å². The van der Waals surface area contributed by atoms with Gasteiger partial charge in [0.2, 0.25) is 0 Å². The van der Waals surface area contributed by atoms with E-state index in [1.807, 2.05) is 44.2 Å². The third-order valence-corrected chi connectivity index (χ3v) is 4.83. The quantitative estimate of drug-likeness (QED) is 0.503. The molecule has 0 atom stereocenters. The zero-order chi connectivity index (χ0) is 21.1. The van der Waals surface area contributed by atoms with Crippen LogP contribution in [0.3, 0.4) is 0 Å². The molecule has 0 aliphatic rings. The topological polar surface area (TPSA) is 86.5 Å². The van der Waals surface area contributed by atoms with Crippen molar-refractivity contribution in [3.8, 4) is 11.5 Å². The number of anilines is 1. The van der Waals surface area contributed by atoms with Gasteiger partial charge in [-0.3, -0.25) is 9.78 Å². The monoisotopic (exact) mass is 403 g/mol. The largest absolute Gasteiger partial charge is 0.493 e. The van der Waals surface area contributed by atoms with Gasteiger partial charge >= 0.3 is 0 Å². The van der Waals surface area contributed by atoms with Crippen LogP contribution in [0.1, 0.15) is 27.4 Å². The molecular formula is C23H21N3O4. The number of hydrogen-bond acceptors (Lipinski definition) is 6. The number of carbonyl (C=O) groups excluding carboxylic acids is 1. The Morgan fingerprint density at radius 2 is 1.93 bits per heavy atom. The summed E-state index contributed by atoms with van der Waals surface area (Å²) in [6.45, 7) is 4.00. The van der Waals surface area contributed by atoms with Crippen LogP contribution in [0, 0.1) is 13.8 Å². The van der Waals surface area contributed by atoms with Crippen molar-refractivity contribution < 1.29 is 18.8 Å². The zero-order valence-corrected chi connectivity index (χ0v) is 16.9. The van der Waals surface area contributed by atoms with Crippen molar-refractivity contribution in [1.29, 1.82) is 0 Å². The first kappa shape index (κ1) is 19.4. The highest BCUT2D eigenvalue weighted by Gasteiger charge is 2.14. The smallest absolute Gasteiger partial charge is 0.255 e. The summed E-state index contributed by atoms with van der Waals surface area (Å²) in [7, 11) is 1.53. The number of nitrogens with zero attached hydrogens (tertiary/aromatic N) is 2. The minimum absolute atomic E-state index is 0.261. The van der Waals surface area contributed by atoms with Gasteiger partial charge in [0.15, 0.2) is 11.5 Å². The Balaban J connectivity index is 1.50. The lowest BCUT2D eigenvalue weighted by Gasteiger charge is -2.12. The second-order valence-electron chi connectivity index (χ2n) is 6.83. The molecule has 1 N–H and O–H groups in total. The standard InChI is InChI=1S/C23H21N3O4/c1-14-19(15(2)30-26-14)13-29-21-9-8-17(11-22(21)28-3)23(27)25-18-10-16-6-4-5-7-20(16)24-12-18/h4-12H,13H2,1-3H3,(H,25,27). The van der Waals surface area contributed by atoms with Crippen molar-refractivity contribution in [1.82, 2.24) is 10.1 Å². The fourth-order valence-corrected chi connectivity index (χ4v) is 3.13. The maximum Gasteiger partial charge on any atom is 0.255 e. The van der Waals surface area contributed by atoms with Crippen molar-refractivity contribution in [2.75, 3.05) is 12.4 Å². The number of amides is 1. The maximum absolute atomic E-state index is 12.7. The first-order chi connectivity index (χ1) is 14.5. The normalized spacial score (nSPS) is 10.8. The van der Waals surface area contributed by atoms with Crippen LogP contribution in [-0.2, 0) is 6.61 Å². The van der Waals surface area contributed by atoms with Gasteiger partial charge in [0.1, 0.15) is 12.4 Å². The molecule has 0 fully saturated rings. The number of fused-ring (bicyclic) bond motifs is 1. The van der Waals surface area contributed by atoms with Crippen molar-refractivity contribution in [3.63, 3.8) is 0 Å². The van der Waals surface area contributed by atoms with Gasteiger partial charge in [0.05, 0.1) is 35.8 Å². The summed E-state index contributed by atoms with van der Waals surface area (Å²) >= 11 is 0. The van der Waals surface area contributed by atoms with Crippen molar-refractivity contribution in [2.24, 2.45) is 0 Å². The average Bonchev–Trinajstić information content (AvgIpc) is 3.09. The number of hydrogen-bond donors (Lipinski definition) is 1. The first-order valence-corrected chi connectivity index (χ1v) is 9.44. The van der Waals surface area contributed by atoms with Crippen molar-refractivity contribution >= 4 is 22.5 Å². The number of pyridine rings is 1. The van der Waals surface area contributed by atoms with E-state index in [-0.39, 0.29) is 5.91 Å². The summed E-state index contributed by atoms with van der Waals surface area (Å²) in [5, 5.41) is 7.75. The number of para-hydroxylation sites is 1. The summed E-state index contributed by atoms with van der Waals surface area (Å²) in [6, 6.07) is 14.7. The van der Waals surface area contributed by atoms with Crippen LogP contribution in [-0.4, -0.2) is 23.2 Å². The zero-order valence-electron chi connectivity index (χ0n) is 16.9. The maximum atomic E-state index is 12.7. The van der Waals surface area contributed by atoms with E-state index in [1.165, 1.54) is 7.11 Å². The van der Waals surface area contributed by atoms with Gasteiger partial charge in [0.25, 0.3) is 5.91 Å². The van der Waals surface area contributed by atoms with Crippen LogP contribution < -0.4 is 14.8 Å². The molecule has 0 aliphatic heterocycles. The van der Waals surface area contributed by atoms with Gasteiger partial charge in [-0.05, 0) is 44.2 Å². The van der Waals surface area contributed by atoms with E-state index in [1.54, 1.807) is 24.4 Å². The van der Waals surface area contributed by atoms with Gasteiger partial charge in [-0.1, -0.05) is 23.4 Å². The highest BCUT2D eigenvalue weighted by molar-refractivity contribution is 6.05. The predicted octanol–water partition coefficient (Wildman–Crippen LogP) is 4.68. The minimum Gasteiger partial charge on any atom is -0.493 e. The number of ether oxygens (including phenoxy) is 2. The fourth-order valence-electron chi connectivity index (χ4n) is 3.13. The van der Waals surface area contributed by atoms with E-state index in [0.717, 1.165) is 22.2 Å². The molecule has 0 bridgehead atoms. The molecule has 7 heteroatoms. The Hall–Kier alpha value is -3.87. The summed E-state index contributed by atoms with van der Waals surface area (Å²) in [6.07, 6.45) is 1.64. The number of carbonyl (C=O) groups is 1.